The van der Waals surface area contributed by atoms with E-state index >= 15 is 0 Å². The number of carbonyl (C=O) groups excluding carboxylic acids is 1. The van der Waals surface area contributed by atoms with Gasteiger partial charge in [-0.05, 0) is 36.2 Å². The van der Waals surface area contributed by atoms with Crippen LogP contribution in [-0.2, 0) is 13.6 Å². The van der Waals surface area contributed by atoms with Crippen LogP contribution in [0.25, 0.3) is 16.9 Å². The molecule has 0 radical (unpaired) electrons. The van der Waals surface area contributed by atoms with Crippen molar-refractivity contribution in [2.75, 3.05) is 7.11 Å². The van der Waals surface area contributed by atoms with E-state index in [0.717, 1.165) is 22.4 Å². The molecule has 4 aromatic rings. The van der Waals surface area contributed by atoms with Crippen molar-refractivity contribution in [2.45, 2.75) is 13.5 Å². The third-order valence-electron chi connectivity index (χ3n) is 4.77. The standard InChI is InChI=1S/C21H21N7O2/c1-14-8-17(30-3)5-4-15(14)9-23-21(29)18-6-7-22-11-20(18)28-13-19(25-26-28)16-10-24-27(2)12-16/h4-8,10-13H,9H2,1-3H3,(H,23,29). The maximum absolute atomic E-state index is 12.9. The molecule has 9 heteroatoms. The summed E-state index contributed by atoms with van der Waals surface area (Å²) in [7, 11) is 3.47. The number of ether oxygens (including phenoxy) is 1. The van der Waals surface area contributed by atoms with Crippen LogP contribution in [0.5, 0.6) is 5.75 Å². The van der Waals surface area contributed by atoms with Gasteiger partial charge in [0.25, 0.3) is 5.91 Å². The molecule has 0 saturated carbocycles. The Bertz CT molecular complexity index is 1200. The van der Waals surface area contributed by atoms with Crippen LogP contribution in [0.15, 0.2) is 55.2 Å². The van der Waals surface area contributed by atoms with Gasteiger partial charge in [-0.25, -0.2) is 4.68 Å². The second kappa shape index (κ2) is 8.16. The fraction of sp³-hybridized carbons (Fsp3) is 0.190. The highest BCUT2D eigenvalue weighted by Crippen LogP contribution is 2.19. The number of benzene rings is 1. The normalized spacial score (nSPS) is 10.8. The van der Waals surface area contributed by atoms with Crippen LogP contribution in [-0.4, -0.2) is 42.8 Å². The Labute approximate surface area is 173 Å². The second-order valence-electron chi connectivity index (χ2n) is 6.82. The molecule has 0 aliphatic rings. The van der Waals surface area contributed by atoms with Gasteiger partial charge in [0.2, 0.25) is 0 Å². The summed E-state index contributed by atoms with van der Waals surface area (Å²) in [5, 5.41) is 15.5. The molecule has 9 nitrogen and oxygen atoms in total. The molecule has 0 atom stereocenters. The van der Waals surface area contributed by atoms with E-state index in [1.165, 1.54) is 0 Å². The van der Waals surface area contributed by atoms with Crippen LogP contribution in [0, 0.1) is 6.92 Å². The molecular weight excluding hydrogens is 382 g/mol. The maximum atomic E-state index is 12.9. The van der Waals surface area contributed by atoms with Gasteiger partial charge in [0, 0.05) is 31.5 Å². The van der Waals surface area contributed by atoms with Crippen molar-refractivity contribution in [3.05, 3.63) is 71.9 Å². The zero-order valence-electron chi connectivity index (χ0n) is 16.9. The van der Waals surface area contributed by atoms with E-state index in [1.54, 1.807) is 47.3 Å². The number of nitrogens with zero attached hydrogens (tertiary/aromatic N) is 6. The minimum Gasteiger partial charge on any atom is -0.497 e. The van der Waals surface area contributed by atoms with Crippen molar-refractivity contribution in [1.82, 2.24) is 35.1 Å². The lowest BCUT2D eigenvalue weighted by atomic mass is 10.1. The Balaban J connectivity index is 1.55. The molecular formula is C21H21N7O2. The number of carbonyl (C=O) groups is 1. The topological polar surface area (TPSA) is 99.8 Å². The SMILES string of the molecule is COc1ccc(CNC(=O)c2ccncc2-n2cc(-c3cnn(C)c3)nn2)c(C)c1. The summed E-state index contributed by atoms with van der Waals surface area (Å²) >= 11 is 0. The smallest absolute Gasteiger partial charge is 0.253 e. The summed E-state index contributed by atoms with van der Waals surface area (Å²) < 4.78 is 8.47. The zero-order valence-corrected chi connectivity index (χ0v) is 16.9. The predicted octanol–water partition coefficient (Wildman–Crippen LogP) is 2.31. The number of hydrogen-bond acceptors (Lipinski definition) is 6. The molecule has 1 aromatic carbocycles. The van der Waals surface area contributed by atoms with Crippen LogP contribution in [0.2, 0.25) is 0 Å². The number of hydrogen-bond donors (Lipinski definition) is 1. The van der Waals surface area contributed by atoms with Crippen LogP contribution in [0.4, 0.5) is 0 Å². The van der Waals surface area contributed by atoms with Gasteiger partial charge < -0.3 is 10.1 Å². The summed E-state index contributed by atoms with van der Waals surface area (Å²) in [5.74, 6) is 0.565. The van der Waals surface area contributed by atoms with Crippen molar-refractivity contribution in [2.24, 2.45) is 7.05 Å². The van der Waals surface area contributed by atoms with E-state index in [4.69, 9.17) is 4.74 Å². The van der Waals surface area contributed by atoms with Gasteiger partial charge in [0.15, 0.2) is 0 Å². The van der Waals surface area contributed by atoms with E-state index in [-0.39, 0.29) is 5.91 Å². The van der Waals surface area contributed by atoms with E-state index in [0.29, 0.717) is 23.5 Å². The van der Waals surface area contributed by atoms with Gasteiger partial charge in [-0.1, -0.05) is 11.3 Å². The summed E-state index contributed by atoms with van der Waals surface area (Å²) in [4.78, 5) is 17.0. The molecule has 0 saturated heterocycles. The fourth-order valence-corrected chi connectivity index (χ4v) is 3.09. The molecule has 0 aliphatic heterocycles. The van der Waals surface area contributed by atoms with E-state index in [9.17, 15) is 4.79 Å². The molecule has 3 heterocycles. The molecule has 0 unspecified atom stereocenters. The van der Waals surface area contributed by atoms with E-state index < -0.39 is 0 Å². The van der Waals surface area contributed by atoms with Crippen LogP contribution < -0.4 is 10.1 Å². The first-order valence-corrected chi connectivity index (χ1v) is 9.32. The molecule has 3 aromatic heterocycles. The molecule has 0 bridgehead atoms. The van der Waals surface area contributed by atoms with Gasteiger partial charge in [-0.3, -0.25) is 14.5 Å². The predicted molar refractivity (Wildman–Crippen MR) is 110 cm³/mol. The lowest BCUT2D eigenvalue weighted by Gasteiger charge is -2.11. The Morgan fingerprint density at radius 3 is 2.80 bits per heavy atom. The van der Waals surface area contributed by atoms with Crippen molar-refractivity contribution in [1.29, 1.82) is 0 Å². The fourth-order valence-electron chi connectivity index (χ4n) is 3.09. The average Bonchev–Trinajstić information content (AvgIpc) is 3.41. The van der Waals surface area contributed by atoms with Crippen LogP contribution in [0.1, 0.15) is 21.5 Å². The zero-order chi connectivity index (χ0) is 21.1. The first-order chi connectivity index (χ1) is 14.5. The number of methoxy groups -OCH3 is 1. The number of amides is 1. The lowest BCUT2D eigenvalue weighted by molar-refractivity contribution is 0.0950. The van der Waals surface area contributed by atoms with Gasteiger partial charge in [-0.15, -0.1) is 5.10 Å². The van der Waals surface area contributed by atoms with Crippen molar-refractivity contribution in [3.63, 3.8) is 0 Å². The molecule has 0 spiro atoms. The van der Waals surface area contributed by atoms with Crippen LogP contribution >= 0.6 is 0 Å². The highest BCUT2D eigenvalue weighted by Gasteiger charge is 2.15. The molecule has 0 fully saturated rings. The van der Waals surface area contributed by atoms with E-state index in [1.807, 2.05) is 38.4 Å². The Kier molecular flexibility index (Phi) is 5.25. The minimum atomic E-state index is -0.221. The Morgan fingerprint density at radius 2 is 2.07 bits per heavy atom. The first kappa shape index (κ1) is 19.3. The highest BCUT2D eigenvalue weighted by atomic mass is 16.5. The molecule has 0 aliphatic carbocycles. The second-order valence-corrected chi connectivity index (χ2v) is 6.82. The minimum absolute atomic E-state index is 0.221. The number of nitrogens with one attached hydrogen (secondary N) is 1. The van der Waals surface area contributed by atoms with Gasteiger partial charge in [-0.2, -0.15) is 5.10 Å². The number of aryl methyl sites for hydroxylation is 2. The van der Waals surface area contributed by atoms with Gasteiger partial charge in [0.05, 0.1) is 37.0 Å². The first-order valence-electron chi connectivity index (χ1n) is 9.32. The summed E-state index contributed by atoms with van der Waals surface area (Å²) in [6, 6.07) is 7.42. The molecule has 30 heavy (non-hydrogen) atoms. The Hall–Kier alpha value is -4.01. The quantitative estimate of drug-likeness (QED) is 0.530. The van der Waals surface area contributed by atoms with Crippen LogP contribution in [0.3, 0.4) is 0 Å². The molecule has 1 N–H and O–H groups in total. The van der Waals surface area contributed by atoms with Crippen molar-refractivity contribution < 1.29 is 9.53 Å². The number of rotatable bonds is 6. The molecule has 152 valence electrons. The monoisotopic (exact) mass is 403 g/mol. The number of aromatic nitrogens is 6. The highest BCUT2D eigenvalue weighted by molar-refractivity contribution is 5.97. The largest absolute Gasteiger partial charge is 0.497 e. The molecule has 4 rings (SSSR count). The maximum Gasteiger partial charge on any atom is 0.253 e. The van der Waals surface area contributed by atoms with E-state index in [2.05, 4.69) is 25.7 Å². The summed E-state index contributed by atoms with van der Waals surface area (Å²) in [5.41, 5.74) is 4.56. The third-order valence-corrected chi connectivity index (χ3v) is 4.77. The lowest BCUT2D eigenvalue weighted by Crippen LogP contribution is -2.24. The average molecular weight is 403 g/mol. The number of pyridine rings is 1. The van der Waals surface area contributed by atoms with Gasteiger partial charge in [0.1, 0.15) is 11.4 Å². The van der Waals surface area contributed by atoms with Gasteiger partial charge >= 0.3 is 0 Å². The van der Waals surface area contributed by atoms with Crippen molar-refractivity contribution in [3.8, 4) is 22.7 Å². The third kappa shape index (κ3) is 3.90. The summed E-state index contributed by atoms with van der Waals surface area (Å²) in [6.07, 6.45) is 8.48. The summed E-state index contributed by atoms with van der Waals surface area (Å²) in [6.45, 7) is 2.38. The molecule has 1 amide bonds. The Morgan fingerprint density at radius 1 is 1.20 bits per heavy atom. The van der Waals surface area contributed by atoms with Crippen molar-refractivity contribution >= 4 is 5.91 Å².